The molecule has 0 aliphatic heterocycles. The Labute approximate surface area is 190 Å². The van der Waals surface area contributed by atoms with E-state index in [1.54, 1.807) is 14.2 Å². The van der Waals surface area contributed by atoms with Gasteiger partial charge in [0.05, 0.1) is 14.2 Å². The Bertz CT molecular complexity index is 985. The van der Waals surface area contributed by atoms with Crippen molar-refractivity contribution in [3.05, 3.63) is 89.5 Å². The molecule has 0 amide bonds. The minimum absolute atomic E-state index is 0.514. The van der Waals surface area contributed by atoms with E-state index in [1.165, 1.54) is 11.1 Å². The van der Waals surface area contributed by atoms with Crippen LogP contribution in [0.4, 0.5) is 5.69 Å². The average molecular weight is 435 g/mol. The predicted molar refractivity (Wildman–Crippen MR) is 132 cm³/mol. The van der Waals surface area contributed by atoms with E-state index in [0.717, 1.165) is 22.7 Å². The fourth-order valence-corrected chi connectivity index (χ4v) is 3.53. The quantitative estimate of drug-likeness (QED) is 0.425. The number of rotatable bonds is 8. The number of ether oxygens (including phenoxy) is 2. The van der Waals surface area contributed by atoms with Crippen molar-refractivity contribution >= 4 is 23.0 Å². The normalized spacial score (nSPS) is 10.6. The molecule has 0 atom stereocenters. The molecule has 0 bridgehead atoms. The second kappa shape index (κ2) is 10.8. The third-order valence-electron chi connectivity index (χ3n) is 5.16. The van der Waals surface area contributed by atoms with E-state index < -0.39 is 0 Å². The number of hydrogen-bond donors (Lipinski definition) is 1. The first-order valence-corrected chi connectivity index (χ1v) is 10.8. The van der Waals surface area contributed by atoms with Crippen molar-refractivity contribution in [1.29, 1.82) is 0 Å². The van der Waals surface area contributed by atoms with Gasteiger partial charge in [0.15, 0.2) is 5.11 Å². The Kier molecular flexibility index (Phi) is 7.90. The fourth-order valence-electron chi connectivity index (χ4n) is 3.28. The minimum atomic E-state index is 0.514. The number of benzene rings is 3. The fraction of sp³-hybridized carbons (Fsp3) is 0.269. The van der Waals surface area contributed by atoms with Gasteiger partial charge in [0, 0.05) is 24.8 Å². The molecule has 0 aliphatic rings. The second-order valence-electron chi connectivity index (χ2n) is 7.76. The molecule has 0 heterocycles. The van der Waals surface area contributed by atoms with Gasteiger partial charge in [0.2, 0.25) is 0 Å². The van der Waals surface area contributed by atoms with Crippen LogP contribution in [0.2, 0.25) is 0 Å². The van der Waals surface area contributed by atoms with Gasteiger partial charge in [0.25, 0.3) is 0 Å². The van der Waals surface area contributed by atoms with E-state index in [-0.39, 0.29) is 0 Å². The van der Waals surface area contributed by atoms with Gasteiger partial charge in [0.1, 0.15) is 11.5 Å². The Morgan fingerprint density at radius 3 is 1.97 bits per heavy atom. The summed E-state index contributed by atoms with van der Waals surface area (Å²) in [4.78, 5) is 2.17. The molecule has 0 spiro atoms. The molecule has 0 aliphatic carbocycles. The molecule has 0 aromatic heterocycles. The highest BCUT2D eigenvalue weighted by molar-refractivity contribution is 7.80. The minimum Gasteiger partial charge on any atom is -0.497 e. The van der Waals surface area contributed by atoms with E-state index in [1.807, 2.05) is 36.4 Å². The first-order chi connectivity index (χ1) is 15.0. The number of hydrogen-bond acceptors (Lipinski definition) is 3. The maximum Gasteiger partial charge on any atom is 0.174 e. The van der Waals surface area contributed by atoms with Crippen LogP contribution in [0.1, 0.15) is 36.5 Å². The lowest BCUT2D eigenvalue weighted by Gasteiger charge is -2.26. The Hall–Kier alpha value is -3.05. The Morgan fingerprint density at radius 1 is 0.839 bits per heavy atom. The van der Waals surface area contributed by atoms with E-state index in [4.69, 9.17) is 21.7 Å². The van der Waals surface area contributed by atoms with Crippen molar-refractivity contribution < 1.29 is 9.47 Å². The van der Waals surface area contributed by atoms with Crippen molar-refractivity contribution in [3.8, 4) is 11.5 Å². The summed E-state index contributed by atoms with van der Waals surface area (Å²) in [6, 6.07) is 24.6. The molecule has 4 nitrogen and oxygen atoms in total. The highest BCUT2D eigenvalue weighted by atomic mass is 32.1. The molecule has 5 heteroatoms. The molecule has 3 aromatic carbocycles. The Balaban J connectivity index is 1.80. The van der Waals surface area contributed by atoms with E-state index in [2.05, 4.69) is 60.5 Å². The van der Waals surface area contributed by atoms with Crippen molar-refractivity contribution in [3.63, 3.8) is 0 Å². The molecule has 31 heavy (non-hydrogen) atoms. The van der Waals surface area contributed by atoms with Gasteiger partial charge in [-0.25, -0.2) is 0 Å². The van der Waals surface area contributed by atoms with Crippen LogP contribution in [0.25, 0.3) is 0 Å². The predicted octanol–water partition coefficient (Wildman–Crippen LogP) is 6.23. The van der Waals surface area contributed by atoms with Gasteiger partial charge in [-0.15, -0.1) is 0 Å². The third kappa shape index (κ3) is 6.46. The summed E-state index contributed by atoms with van der Waals surface area (Å²) in [5.41, 5.74) is 4.61. The van der Waals surface area contributed by atoms with Gasteiger partial charge in [-0.3, -0.25) is 0 Å². The molecule has 0 radical (unpaired) electrons. The van der Waals surface area contributed by atoms with Crippen molar-refractivity contribution in [2.45, 2.75) is 32.9 Å². The van der Waals surface area contributed by atoms with Gasteiger partial charge in [-0.05, 0) is 59.1 Å². The van der Waals surface area contributed by atoms with Gasteiger partial charge in [-0.1, -0.05) is 56.3 Å². The topological polar surface area (TPSA) is 33.7 Å². The lowest BCUT2D eigenvalue weighted by atomic mass is 10.0. The molecule has 0 saturated carbocycles. The monoisotopic (exact) mass is 434 g/mol. The molecule has 0 saturated heterocycles. The summed E-state index contributed by atoms with van der Waals surface area (Å²) in [6.07, 6.45) is 0. The zero-order valence-corrected chi connectivity index (χ0v) is 19.4. The van der Waals surface area contributed by atoms with Gasteiger partial charge in [-0.2, -0.15) is 0 Å². The highest BCUT2D eigenvalue weighted by Gasteiger charge is 2.13. The van der Waals surface area contributed by atoms with Crippen LogP contribution in [0.3, 0.4) is 0 Å². The number of anilines is 1. The molecule has 0 unspecified atom stereocenters. The van der Waals surface area contributed by atoms with Crippen molar-refractivity contribution in [1.82, 2.24) is 4.90 Å². The van der Waals surface area contributed by atoms with E-state index in [9.17, 15) is 0 Å². The van der Waals surface area contributed by atoms with Gasteiger partial charge < -0.3 is 19.7 Å². The lowest BCUT2D eigenvalue weighted by Crippen LogP contribution is -2.33. The van der Waals surface area contributed by atoms with Crippen LogP contribution in [0.5, 0.6) is 11.5 Å². The summed E-state index contributed by atoms with van der Waals surface area (Å²) in [5, 5.41) is 4.03. The SMILES string of the molecule is COc1ccc(CN(Cc2ccc(C(C)C)cc2)C(=S)Nc2cccc(OC)c2)cc1. The zero-order chi connectivity index (χ0) is 22.2. The van der Waals surface area contributed by atoms with Gasteiger partial charge >= 0.3 is 0 Å². The van der Waals surface area contributed by atoms with Crippen LogP contribution >= 0.6 is 12.2 Å². The third-order valence-corrected chi connectivity index (χ3v) is 5.52. The number of thiocarbonyl (C=S) groups is 1. The summed E-state index contributed by atoms with van der Waals surface area (Å²) in [7, 11) is 3.34. The van der Waals surface area contributed by atoms with E-state index >= 15 is 0 Å². The average Bonchev–Trinajstić information content (AvgIpc) is 2.79. The smallest absolute Gasteiger partial charge is 0.174 e. The molecule has 162 valence electrons. The van der Waals surface area contributed by atoms with Crippen molar-refractivity contribution in [2.75, 3.05) is 19.5 Å². The van der Waals surface area contributed by atoms with E-state index in [0.29, 0.717) is 24.1 Å². The molecule has 0 fully saturated rings. The molecule has 3 aromatic rings. The maximum atomic E-state index is 5.80. The number of nitrogens with one attached hydrogen (secondary N) is 1. The molecule has 1 N–H and O–H groups in total. The summed E-state index contributed by atoms with van der Waals surface area (Å²) in [5.74, 6) is 2.15. The summed E-state index contributed by atoms with van der Waals surface area (Å²) < 4.78 is 10.6. The number of nitrogens with zero attached hydrogens (tertiary/aromatic N) is 1. The standard InChI is InChI=1S/C26H30N2O2S/c1-19(2)22-12-8-20(9-13-22)17-28(18-21-10-14-24(29-3)15-11-21)26(31)27-23-6-5-7-25(16-23)30-4/h5-16,19H,17-18H2,1-4H3,(H,27,31). The van der Waals surface area contributed by atoms with Crippen LogP contribution in [0, 0.1) is 0 Å². The maximum absolute atomic E-state index is 5.80. The Morgan fingerprint density at radius 2 is 1.42 bits per heavy atom. The van der Waals surface area contributed by atoms with Crippen LogP contribution in [-0.2, 0) is 13.1 Å². The largest absolute Gasteiger partial charge is 0.497 e. The van der Waals surface area contributed by atoms with Crippen molar-refractivity contribution in [2.24, 2.45) is 0 Å². The second-order valence-corrected chi connectivity index (χ2v) is 8.15. The van der Waals surface area contributed by atoms with Crippen LogP contribution < -0.4 is 14.8 Å². The highest BCUT2D eigenvalue weighted by Crippen LogP contribution is 2.21. The summed E-state index contributed by atoms with van der Waals surface area (Å²) >= 11 is 5.80. The van der Waals surface area contributed by atoms with Crippen LogP contribution in [-0.4, -0.2) is 24.2 Å². The summed E-state index contributed by atoms with van der Waals surface area (Å²) in [6.45, 7) is 5.81. The lowest BCUT2D eigenvalue weighted by molar-refractivity contribution is 0.407. The molecular weight excluding hydrogens is 404 g/mol. The first kappa shape index (κ1) is 22.6. The zero-order valence-electron chi connectivity index (χ0n) is 18.6. The molecule has 3 rings (SSSR count). The number of methoxy groups -OCH3 is 2. The van der Waals surface area contributed by atoms with Crippen LogP contribution in [0.15, 0.2) is 72.8 Å². The first-order valence-electron chi connectivity index (χ1n) is 10.4. The molecular formula is C26H30N2O2S.